The summed E-state index contributed by atoms with van der Waals surface area (Å²) in [6.07, 6.45) is 0.519. The van der Waals surface area contributed by atoms with E-state index in [-0.39, 0.29) is 24.0 Å². The summed E-state index contributed by atoms with van der Waals surface area (Å²) in [6, 6.07) is 6.21. The Kier molecular flexibility index (Phi) is 3.20. The highest BCUT2D eigenvalue weighted by molar-refractivity contribution is 6.21. The van der Waals surface area contributed by atoms with Gasteiger partial charge in [-0.05, 0) is 25.0 Å². The highest BCUT2D eigenvalue weighted by Gasteiger charge is 2.51. The number of carbonyl (C=O) groups excluding carboxylic acids is 4. The monoisotopic (exact) mass is 302 g/mol. The molecule has 2 aliphatic rings. The van der Waals surface area contributed by atoms with E-state index in [4.69, 9.17) is 4.84 Å². The molecule has 114 valence electrons. The second-order valence-electron chi connectivity index (χ2n) is 5.27. The van der Waals surface area contributed by atoms with Crippen molar-refractivity contribution in [3.8, 4) is 0 Å². The molecule has 2 heterocycles. The number of hydrogen-bond donors (Lipinski definition) is 1. The number of carbonyl (C=O) groups is 4. The summed E-state index contributed by atoms with van der Waals surface area (Å²) in [4.78, 5) is 53.6. The number of hydrogen-bond acceptors (Lipinski definition) is 5. The summed E-state index contributed by atoms with van der Waals surface area (Å²) in [5.74, 6) is -2.70. The predicted octanol–water partition coefficient (Wildman–Crippen LogP) is 0.657. The van der Waals surface area contributed by atoms with E-state index in [1.54, 1.807) is 19.1 Å². The van der Waals surface area contributed by atoms with Crippen LogP contribution in [0.5, 0.6) is 0 Å². The fourth-order valence-electron chi connectivity index (χ4n) is 2.77. The SMILES string of the molecule is CCC1(C(=O)ON2C(=O)c3ccccc3C2=O)CCNC1=O. The quantitative estimate of drug-likeness (QED) is 0.654. The van der Waals surface area contributed by atoms with Gasteiger partial charge in [0.2, 0.25) is 5.91 Å². The molecule has 1 atom stereocenters. The lowest BCUT2D eigenvalue weighted by molar-refractivity contribution is -0.182. The smallest absolute Gasteiger partial charge is 0.348 e. The van der Waals surface area contributed by atoms with Crippen LogP contribution < -0.4 is 5.32 Å². The average Bonchev–Trinajstić information content (AvgIpc) is 3.02. The van der Waals surface area contributed by atoms with Crippen molar-refractivity contribution < 1.29 is 24.0 Å². The molecule has 3 amide bonds. The number of amides is 3. The fourth-order valence-corrected chi connectivity index (χ4v) is 2.77. The normalized spacial score (nSPS) is 23.5. The van der Waals surface area contributed by atoms with Crippen LogP contribution >= 0.6 is 0 Å². The van der Waals surface area contributed by atoms with E-state index >= 15 is 0 Å². The molecule has 0 radical (unpaired) electrons. The number of imide groups is 1. The summed E-state index contributed by atoms with van der Waals surface area (Å²) < 4.78 is 0. The van der Waals surface area contributed by atoms with E-state index in [0.717, 1.165) is 0 Å². The molecule has 22 heavy (non-hydrogen) atoms. The molecule has 1 unspecified atom stereocenters. The van der Waals surface area contributed by atoms with Crippen molar-refractivity contribution in [2.75, 3.05) is 6.54 Å². The lowest BCUT2D eigenvalue weighted by Crippen LogP contribution is -2.44. The maximum atomic E-state index is 12.4. The van der Waals surface area contributed by atoms with Crippen molar-refractivity contribution in [1.29, 1.82) is 0 Å². The standard InChI is InChI=1S/C15H14N2O5/c1-2-15(7-8-16-13(15)20)14(21)22-17-11(18)9-5-3-4-6-10(9)12(17)19/h3-6H,2,7-8H2,1H3,(H,16,20). The molecule has 0 aliphatic carbocycles. The molecule has 0 saturated carbocycles. The summed E-state index contributed by atoms with van der Waals surface area (Å²) in [5, 5.41) is 3.02. The van der Waals surface area contributed by atoms with Gasteiger partial charge in [-0.15, -0.1) is 0 Å². The summed E-state index contributed by atoms with van der Waals surface area (Å²) in [6.45, 7) is 2.05. The zero-order valence-corrected chi connectivity index (χ0v) is 11.9. The van der Waals surface area contributed by atoms with Crippen LogP contribution in [0.3, 0.4) is 0 Å². The van der Waals surface area contributed by atoms with Gasteiger partial charge in [0.1, 0.15) is 5.41 Å². The van der Waals surface area contributed by atoms with Crippen LogP contribution in [0, 0.1) is 5.41 Å². The van der Waals surface area contributed by atoms with Crippen LogP contribution in [-0.2, 0) is 14.4 Å². The highest BCUT2D eigenvalue weighted by Crippen LogP contribution is 2.33. The molecule has 2 aliphatic heterocycles. The molecule has 1 aromatic carbocycles. The molecule has 0 spiro atoms. The van der Waals surface area contributed by atoms with E-state index in [1.165, 1.54) is 12.1 Å². The van der Waals surface area contributed by atoms with Gasteiger partial charge in [-0.25, -0.2) is 4.79 Å². The number of benzene rings is 1. The third kappa shape index (κ3) is 1.82. The molecule has 1 saturated heterocycles. The van der Waals surface area contributed by atoms with Crippen molar-refractivity contribution >= 4 is 23.7 Å². The topological polar surface area (TPSA) is 92.8 Å². The van der Waals surface area contributed by atoms with Gasteiger partial charge in [0.25, 0.3) is 11.8 Å². The van der Waals surface area contributed by atoms with Crippen LogP contribution in [0.4, 0.5) is 0 Å². The van der Waals surface area contributed by atoms with E-state index in [2.05, 4.69) is 5.32 Å². The largest absolute Gasteiger partial charge is 0.355 e. The van der Waals surface area contributed by atoms with Crippen LogP contribution in [0.15, 0.2) is 24.3 Å². The molecular weight excluding hydrogens is 288 g/mol. The number of nitrogens with one attached hydrogen (secondary N) is 1. The van der Waals surface area contributed by atoms with Gasteiger partial charge in [-0.2, -0.15) is 0 Å². The molecule has 1 aromatic rings. The predicted molar refractivity (Wildman–Crippen MR) is 73.4 cm³/mol. The Balaban J connectivity index is 1.86. The van der Waals surface area contributed by atoms with Crippen LogP contribution in [0.2, 0.25) is 0 Å². The first-order valence-corrected chi connectivity index (χ1v) is 7.00. The zero-order valence-electron chi connectivity index (χ0n) is 11.9. The van der Waals surface area contributed by atoms with Crippen molar-refractivity contribution in [2.24, 2.45) is 5.41 Å². The first-order valence-electron chi connectivity index (χ1n) is 7.00. The third-order valence-corrected chi connectivity index (χ3v) is 4.20. The Morgan fingerprint density at radius 2 is 1.82 bits per heavy atom. The average molecular weight is 302 g/mol. The maximum Gasteiger partial charge on any atom is 0.348 e. The molecule has 1 fully saturated rings. The zero-order chi connectivity index (χ0) is 15.9. The van der Waals surface area contributed by atoms with Gasteiger partial charge in [-0.3, -0.25) is 14.4 Å². The van der Waals surface area contributed by atoms with Crippen LogP contribution in [0.25, 0.3) is 0 Å². The number of fused-ring (bicyclic) bond motifs is 1. The number of hydroxylamine groups is 2. The molecule has 7 heteroatoms. The van der Waals surface area contributed by atoms with Crippen molar-refractivity contribution in [1.82, 2.24) is 10.4 Å². The molecule has 0 bridgehead atoms. The van der Waals surface area contributed by atoms with Gasteiger partial charge in [0.05, 0.1) is 11.1 Å². The van der Waals surface area contributed by atoms with Crippen molar-refractivity contribution in [2.45, 2.75) is 19.8 Å². The van der Waals surface area contributed by atoms with E-state index in [1.807, 2.05) is 0 Å². The van der Waals surface area contributed by atoms with Crippen LogP contribution in [0.1, 0.15) is 40.5 Å². The molecule has 7 nitrogen and oxygen atoms in total. The first-order chi connectivity index (χ1) is 10.5. The first kappa shape index (κ1) is 14.2. The van der Waals surface area contributed by atoms with Crippen molar-refractivity contribution in [3.05, 3.63) is 35.4 Å². The third-order valence-electron chi connectivity index (χ3n) is 4.20. The Hall–Kier alpha value is -2.70. The lowest BCUT2D eigenvalue weighted by atomic mass is 9.84. The number of nitrogens with zero attached hydrogens (tertiary/aromatic N) is 1. The summed E-state index contributed by atoms with van der Waals surface area (Å²) in [5.41, 5.74) is -0.974. The molecular formula is C15H14N2O5. The van der Waals surface area contributed by atoms with E-state index in [9.17, 15) is 19.2 Å². The molecule has 1 N–H and O–H groups in total. The second-order valence-corrected chi connectivity index (χ2v) is 5.27. The minimum Gasteiger partial charge on any atom is -0.355 e. The van der Waals surface area contributed by atoms with Gasteiger partial charge >= 0.3 is 5.97 Å². The second kappa shape index (κ2) is 4.94. The Bertz CT molecular complexity index is 664. The molecule has 3 rings (SSSR count). The van der Waals surface area contributed by atoms with E-state index < -0.39 is 29.1 Å². The van der Waals surface area contributed by atoms with Gasteiger partial charge in [-0.1, -0.05) is 24.1 Å². The summed E-state index contributed by atoms with van der Waals surface area (Å²) >= 11 is 0. The minimum atomic E-state index is -1.34. The Morgan fingerprint density at radius 1 is 1.23 bits per heavy atom. The van der Waals surface area contributed by atoms with Gasteiger partial charge in [0, 0.05) is 6.54 Å². The lowest BCUT2D eigenvalue weighted by Gasteiger charge is -2.23. The minimum absolute atomic E-state index is 0.182. The Labute approximate surface area is 126 Å². The Morgan fingerprint density at radius 3 is 2.27 bits per heavy atom. The maximum absolute atomic E-state index is 12.4. The summed E-state index contributed by atoms with van der Waals surface area (Å²) in [7, 11) is 0. The molecule has 0 aromatic heterocycles. The van der Waals surface area contributed by atoms with Gasteiger partial charge < -0.3 is 10.2 Å². The van der Waals surface area contributed by atoms with Gasteiger partial charge in [0.15, 0.2) is 0 Å². The fraction of sp³-hybridized carbons (Fsp3) is 0.333. The van der Waals surface area contributed by atoms with Crippen LogP contribution in [-0.4, -0.2) is 35.3 Å². The number of rotatable bonds is 3. The highest BCUT2D eigenvalue weighted by atomic mass is 16.7. The van der Waals surface area contributed by atoms with Crippen molar-refractivity contribution in [3.63, 3.8) is 0 Å². The van der Waals surface area contributed by atoms with E-state index in [0.29, 0.717) is 11.6 Å².